The Bertz CT molecular complexity index is 1030. The number of amides is 2. The number of aromatic nitrogens is 2. The Morgan fingerprint density at radius 2 is 1.87 bits per heavy atom. The van der Waals surface area contributed by atoms with Crippen molar-refractivity contribution in [1.29, 1.82) is 0 Å². The van der Waals surface area contributed by atoms with Crippen LogP contribution < -0.4 is 9.64 Å². The van der Waals surface area contributed by atoms with Crippen LogP contribution in [0.2, 0.25) is 0 Å². The molecule has 2 aromatic carbocycles. The van der Waals surface area contributed by atoms with Gasteiger partial charge in [0.05, 0.1) is 18.4 Å². The summed E-state index contributed by atoms with van der Waals surface area (Å²) in [6.07, 6.45) is 3.99. The van der Waals surface area contributed by atoms with Crippen molar-refractivity contribution in [3.8, 4) is 5.75 Å². The summed E-state index contributed by atoms with van der Waals surface area (Å²) in [4.78, 5) is 28.2. The van der Waals surface area contributed by atoms with Gasteiger partial charge in [0.15, 0.2) is 6.61 Å². The highest BCUT2D eigenvalue weighted by molar-refractivity contribution is 5.98. The Morgan fingerprint density at radius 3 is 2.70 bits per heavy atom. The van der Waals surface area contributed by atoms with Crippen LogP contribution in [-0.4, -0.2) is 46.7 Å². The molecule has 0 saturated heterocycles. The van der Waals surface area contributed by atoms with Gasteiger partial charge in [-0.1, -0.05) is 42.5 Å². The maximum absolute atomic E-state index is 12.6. The van der Waals surface area contributed by atoms with E-state index in [4.69, 9.17) is 4.74 Å². The minimum Gasteiger partial charge on any atom is -0.482 e. The highest BCUT2D eigenvalue weighted by Crippen LogP contribution is 2.31. The summed E-state index contributed by atoms with van der Waals surface area (Å²) in [5, 5.41) is 4.39. The molecular formula is C23H24N4O3. The Balaban J connectivity index is 1.32. The summed E-state index contributed by atoms with van der Waals surface area (Å²) in [5.41, 5.74) is 2.85. The van der Waals surface area contributed by atoms with E-state index in [1.165, 1.54) is 5.56 Å². The highest BCUT2D eigenvalue weighted by Gasteiger charge is 2.25. The molecule has 0 radical (unpaired) electrons. The van der Waals surface area contributed by atoms with Crippen molar-refractivity contribution < 1.29 is 14.3 Å². The molecule has 30 heavy (non-hydrogen) atoms. The van der Waals surface area contributed by atoms with E-state index in [0.717, 1.165) is 5.56 Å². The van der Waals surface area contributed by atoms with E-state index >= 15 is 0 Å². The van der Waals surface area contributed by atoms with Crippen molar-refractivity contribution in [2.24, 2.45) is 0 Å². The average molecular weight is 404 g/mol. The molecule has 0 fully saturated rings. The molecule has 2 amide bonds. The molecule has 4 rings (SSSR count). The lowest BCUT2D eigenvalue weighted by Gasteiger charge is -2.29. The monoisotopic (exact) mass is 404 g/mol. The summed E-state index contributed by atoms with van der Waals surface area (Å²) in [6.45, 7) is 1.50. The van der Waals surface area contributed by atoms with Gasteiger partial charge in [-0.25, -0.2) is 0 Å². The summed E-state index contributed by atoms with van der Waals surface area (Å²) >= 11 is 0. The van der Waals surface area contributed by atoms with Gasteiger partial charge in [-0.2, -0.15) is 5.10 Å². The third kappa shape index (κ3) is 4.51. The van der Waals surface area contributed by atoms with Crippen molar-refractivity contribution in [1.82, 2.24) is 14.7 Å². The second-order valence-electron chi connectivity index (χ2n) is 7.33. The van der Waals surface area contributed by atoms with Crippen LogP contribution in [-0.2, 0) is 22.7 Å². The largest absolute Gasteiger partial charge is 0.482 e. The van der Waals surface area contributed by atoms with E-state index in [-0.39, 0.29) is 24.8 Å². The molecule has 1 aliphatic rings. The fraction of sp³-hybridized carbons (Fsp3) is 0.261. The summed E-state index contributed by atoms with van der Waals surface area (Å²) in [5.74, 6) is 0.512. The molecule has 0 spiro atoms. The molecule has 1 aromatic heterocycles. The van der Waals surface area contributed by atoms with Gasteiger partial charge in [0.2, 0.25) is 5.91 Å². The predicted molar refractivity (Wildman–Crippen MR) is 113 cm³/mol. The van der Waals surface area contributed by atoms with E-state index in [1.807, 2.05) is 53.3 Å². The summed E-state index contributed by atoms with van der Waals surface area (Å²) < 4.78 is 7.32. The number of fused-ring (bicyclic) bond motifs is 1. The number of rotatable bonds is 7. The number of ether oxygens (including phenoxy) is 1. The minimum absolute atomic E-state index is 0.00163. The fourth-order valence-corrected chi connectivity index (χ4v) is 3.50. The lowest BCUT2D eigenvalue weighted by molar-refractivity contribution is -0.130. The lowest BCUT2D eigenvalue weighted by Crippen LogP contribution is -2.41. The summed E-state index contributed by atoms with van der Waals surface area (Å²) in [7, 11) is 1.77. The third-order valence-electron chi connectivity index (χ3n) is 5.08. The van der Waals surface area contributed by atoms with Gasteiger partial charge in [0.1, 0.15) is 5.75 Å². The number of benzene rings is 2. The SMILES string of the molecule is CN(Cc1cnn(Cc2ccccc2)c1)C(=O)CCN1C(=O)COc2ccccc21. The van der Waals surface area contributed by atoms with Crippen molar-refractivity contribution in [3.63, 3.8) is 0 Å². The molecule has 0 N–H and O–H groups in total. The second-order valence-corrected chi connectivity index (χ2v) is 7.33. The first-order valence-corrected chi connectivity index (χ1v) is 9.91. The number of hydrogen-bond acceptors (Lipinski definition) is 4. The third-order valence-corrected chi connectivity index (χ3v) is 5.08. The van der Waals surface area contributed by atoms with Crippen LogP contribution in [0.3, 0.4) is 0 Å². The molecular weight excluding hydrogens is 380 g/mol. The Hall–Kier alpha value is -3.61. The second kappa shape index (κ2) is 8.82. The molecule has 0 bridgehead atoms. The quantitative estimate of drug-likeness (QED) is 0.607. The zero-order valence-electron chi connectivity index (χ0n) is 16.9. The van der Waals surface area contributed by atoms with Gasteiger partial charge < -0.3 is 14.5 Å². The van der Waals surface area contributed by atoms with Crippen molar-refractivity contribution in [2.45, 2.75) is 19.5 Å². The fourth-order valence-electron chi connectivity index (χ4n) is 3.50. The number of nitrogens with zero attached hydrogens (tertiary/aromatic N) is 4. The zero-order chi connectivity index (χ0) is 20.9. The van der Waals surface area contributed by atoms with E-state index in [0.29, 0.717) is 31.1 Å². The normalized spacial score (nSPS) is 13.0. The predicted octanol–water partition coefficient (Wildman–Crippen LogP) is 2.71. The number of carbonyl (C=O) groups excluding carboxylic acids is 2. The average Bonchev–Trinajstić information content (AvgIpc) is 3.20. The summed E-state index contributed by atoms with van der Waals surface area (Å²) in [6, 6.07) is 17.5. The number of carbonyl (C=O) groups is 2. The maximum Gasteiger partial charge on any atom is 0.265 e. The lowest BCUT2D eigenvalue weighted by atomic mass is 10.2. The maximum atomic E-state index is 12.6. The molecule has 7 heteroatoms. The molecule has 0 saturated carbocycles. The number of para-hydroxylation sites is 2. The van der Waals surface area contributed by atoms with Crippen molar-refractivity contribution >= 4 is 17.5 Å². The molecule has 3 aromatic rings. The van der Waals surface area contributed by atoms with E-state index in [9.17, 15) is 9.59 Å². The number of anilines is 1. The van der Waals surface area contributed by atoms with Crippen molar-refractivity contribution in [2.75, 3.05) is 25.1 Å². The topological polar surface area (TPSA) is 67.7 Å². The molecule has 0 aliphatic carbocycles. The smallest absolute Gasteiger partial charge is 0.265 e. The van der Waals surface area contributed by atoms with Gasteiger partial charge in [-0.3, -0.25) is 14.3 Å². The van der Waals surface area contributed by atoms with Gasteiger partial charge in [-0.05, 0) is 17.7 Å². The van der Waals surface area contributed by atoms with Crippen molar-refractivity contribution in [3.05, 3.63) is 78.1 Å². The number of hydrogen-bond donors (Lipinski definition) is 0. The first-order chi connectivity index (χ1) is 14.6. The molecule has 154 valence electrons. The standard InChI is InChI=1S/C23H24N4O3/c1-25(14-19-13-24-26(16-19)15-18-7-3-2-4-8-18)22(28)11-12-27-20-9-5-6-10-21(20)30-17-23(27)29/h2-10,13,16H,11-12,14-15,17H2,1H3. The molecule has 7 nitrogen and oxygen atoms in total. The van der Waals surface area contributed by atoms with Gasteiger partial charge in [-0.15, -0.1) is 0 Å². The van der Waals surface area contributed by atoms with Gasteiger partial charge in [0, 0.05) is 38.3 Å². The van der Waals surface area contributed by atoms with Crippen LogP contribution in [0.15, 0.2) is 67.0 Å². The first kappa shape index (κ1) is 19.7. The Kier molecular flexibility index (Phi) is 5.79. The van der Waals surface area contributed by atoms with Crippen LogP contribution >= 0.6 is 0 Å². The molecule has 1 aliphatic heterocycles. The molecule has 0 atom stereocenters. The molecule has 0 unspecified atom stereocenters. The highest BCUT2D eigenvalue weighted by atomic mass is 16.5. The van der Waals surface area contributed by atoms with Crippen LogP contribution in [0.4, 0.5) is 5.69 Å². The van der Waals surface area contributed by atoms with E-state index in [1.54, 1.807) is 23.0 Å². The van der Waals surface area contributed by atoms with E-state index < -0.39 is 0 Å². The van der Waals surface area contributed by atoms with Gasteiger partial charge in [0.25, 0.3) is 5.91 Å². The molecule has 2 heterocycles. The van der Waals surface area contributed by atoms with E-state index in [2.05, 4.69) is 17.2 Å². The minimum atomic E-state index is -0.133. The first-order valence-electron chi connectivity index (χ1n) is 9.91. The van der Waals surface area contributed by atoms with Crippen LogP contribution in [0, 0.1) is 0 Å². The van der Waals surface area contributed by atoms with Gasteiger partial charge >= 0.3 is 0 Å². The Morgan fingerprint density at radius 1 is 1.10 bits per heavy atom. The van der Waals surface area contributed by atoms with Crippen LogP contribution in [0.25, 0.3) is 0 Å². The van der Waals surface area contributed by atoms with Crippen LogP contribution in [0.1, 0.15) is 17.5 Å². The Labute approximate surface area is 175 Å². The zero-order valence-corrected chi connectivity index (χ0v) is 16.9. The van der Waals surface area contributed by atoms with Crippen LogP contribution in [0.5, 0.6) is 5.75 Å².